The van der Waals surface area contributed by atoms with E-state index in [9.17, 15) is 18.0 Å². The summed E-state index contributed by atoms with van der Waals surface area (Å²) in [5.74, 6) is -0.242. The Kier molecular flexibility index (Phi) is 11.5. The molecule has 0 fully saturated rings. The van der Waals surface area contributed by atoms with Crippen molar-refractivity contribution in [2.45, 2.75) is 52.2 Å². The van der Waals surface area contributed by atoms with Crippen LogP contribution in [0.4, 0.5) is 5.69 Å². The minimum Gasteiger partial charge on any atom is -0.497 e. The lowest BCUT2D eigenvalue weighted by Crippen LogP contribution is -2.53. The normalized spacial score (nSPS) is 12.8. The van der Waals surface area contributed by atoms with Gasteiger partial charge in [-0.1, -0.05) is 43.1 Å². The van der Waals surface area contributed by atoms with Crippen molar-refractivity contribution in [1.82, 2.24) is 10.2 Å². The molecule has 0 unspecified atom stereocenters. The van der Waals surface area contributed by atoms with Gasteiger partial charge >= 0.3 is 0 Å². The summed E-state index contributed by atoms with van der Waals surface area (Å²) in [6.07, 6.45) is 2.02. The zero-order chi connectivity index (χ0) is 28.6. The van der Waals surface area contributed by atoms with Gasteiger partial charge in [0, 0.05) is 18.7 Å². The van der Waals surface area contributed by atoms with Gasteiger partial charge in [-0.15, -0.1) is 0 Å². The van der Waals surface area contributed by atoms with Gasteiger partial charge in [-0.05, 0) is 49.6 Å². The summed E-state index contributed by atoms with van der Waals surface area (Å²) >= 11 is 12.3. The van der Waals surface area contributed by atoms with Crippen LogP contribution in [0.1, 0.15) is 39.2 Å². The van der Waals surface area contributed by atoms with E-state index in [4.69, 9.17) is 32.7 Å². The standard InChI is InChI=1S/C26H35Cl2N3O6S/c1-7-17(3)29-26(33)22(8-2)30(15-18-9-11-20(27)21(28)13-18)25(32)16-31(38(6,34)35)23-12-10-19(36-4)14-24(23)37-5/h9-14,17,22H,7-8,15-16H2,1-6H3,(H,29,33)/t17-,22-/m1/s1. The largest absolute Gasteiger partial charge is 0.497 e. The lowest BCUT2D eigenvalue weighted by atomic mass is 10.1. The molecular formula is C26H35Cl2N3O6S. The molecule has 0 aliphatic carbocycles. The van der Waals surface area contributed by atoms with Crippen LogP contribution in [-0.2, 0) is 26.2 Å². The molecule has 0 aromatic heterocycles. The predicted molar refractivity (Wildman–Crippen MR) is 151 cm³/mol. The zero-order valence-electron chi connectivity index (χ0n) is 22.5. The lowest BCUT2D eigenvalue weighted by molar-refractivity contribution is -0.140. The first-order valence-electron chi connectivity index (χ1n) is 12.1. The highest BCUT2D eigenvalue weighted by Crippen LogP contribution is 2.34. The Morgan fingerprint density at radius 3 is 2.21 bits per heavy atom. The van der Waals surface area contributed by atoms with Crippen molar-refractivity contribution in [3.8, 4) is 11.5 Å². The van der Waals surface area contributed by atoms with Gasteiger partial charge in [0.05, 0.1) is 36.2 Å². The number of rotatable bonds is 13. The van der Waals surface area contributed by atoms with E-state index < -0.39 is 28.5 Å². The Hall–Kier alpha value is -2.69. The van der Waals surface area contributed by atoms with E-state index in [-0.39, 0.29) is 29.9 Å². The Balaban J connectivity index is 2.53. The Labute approximate surface area is 235 Å². The minimum atomic E-state index is -3.93. The average Bonchev–Trinajstić information content (AvgIpc) is 2.87. The third kappa shape index (κ3) is 8.15. The molecule has 2 rings (SSSR count). The third-order valence-electron chi connectivity index (χ3n) is 6.06. The summed E-state index contributed by atoms with van der Waals surface area (Å²) < 4.78 is 37.3. The molecule has 0 saturated heterocycles. The number of ether oxygens (including phenoxy) is 2. The highest BCUT2D eigenvalue weighted by molar-refractivity contribution is 7.92. The molecule has 0 aliphatic rings. The number of carbonyl (C=O) groups excluding carboxylic acids is 2. The summed E-state index contributed by atoms with van der Waals surface area (Å²) in [6, 6.07) is 8.57. The molecule has 38 heavy (non-hydrogen) atoms. The van der Waals surface area contributed by atoms with Gasteiger partial charge in [0.25, 0.3) is 0 Å². The highest BCUT2D eigenvalue weighted by atomic mass is 35.5. The summed E-state index contributed by atoms with van der Waals surface area (Å²) in [5, 5.41) is 3.57. The number of halogens is 2. The van der Waals surface area contributed by atoms with Gasteiger partial charge < -0.3 is 19.7 Å². The van der Waals surface area contributed by atoms with Crippen molar-refractivity contribution in [1.29, 1.82) is 0 Å². The SMILES string of the molecule is CC[C@@H](C)NC(=O)[C@@H](CC)N(Cc1ccc(Cl)c(Cl)c1)C(=O)CN(c1ccc(OC)cc1OC)S(C)(=O)=O. The van der Waals surface area contributed by atoms with Crippen molar-refractivity contribution >= 4 is 50.7 Å². The van der Waals surface area contributed by atoms with Crippen molar-refractivity contribution in [3.05, 3.63) is 52.0 Å². The first kappa shape index (κ1) is 31.5. The topological polar surface area (TPSA) is 105 Å². The first-order valence-corrected chi connectivity index (χ1v) is 14.7. The van der Waals surface area contributed by atoms with E-state index in [1.807, 2.05) is 13.8 Å². The molecule has 0 radical (unpaired) electrons. The van der Waals surface area contributed by atoms with Crippen LogP contribution in [0.3, 0.4) is 0 Å². The van der Waals surface area contributed by atoms with Crippen LogP contribution in [0.25, 0.3) is 0 Å². The smallest absolute Gasteiger partial charge is 0.244 e. The number of nitrogens with zero attached hydrogens (tertiary/aromatic N) is 2. The van der Waals surface area contributed by atoms with E-state index >= 15 is 0 Å². The molecule has 0 aliphatic heterocycles. The van der Waals surface area contributed by atoms with Crippen LogP contribution in [0.15, 0.2) is 36.4 Å². The number of amides is 2. The van der Waals surface area contributed by atoms with Crippen molar-refractivity contribution in [2.24, 2.45) is 0 Å². The number of benzene rings is 2. The summed E-state index contributed by atoms with van der Waals surface area (Å²) in [7, 11) is -1.07. The highest BCUT2D eigenvalue weighted by Gasteiger charge is 2.33. The second-order valence-electron chi connectivity index (χ2n) is 8.82. The van der Waals surface area contributed by atoms with E-state index in [1.54, 1.807) is 31.2 Å². The predicted octanol–water partition coefficient (Wildman–Crippen LogP) is 4.50. The van der Waals surface area contributed by atoms with Gasteiger partial charge in [-0.2, -0.15) is 0 Å². The molecule has 2 atom stereocenters. The number of methoxy groups -OCH3 is 2. The summed E-state index contributed by atoms with van der Waals surface area (Å²) in [6.45, 7) is 5.06. The number of nitrogens with one attached hydrogen (secondary N) is 1. The number of hydrogen-bond donors (Lipinski definition) is 1. The average molecular weight is 589 g/mol. The summed E-state index contributed by atoms with van der Waals surface area (Å²) in [4.78, 5) is 28.4. The molecule has 9 nitrogen and oxygen atoms in total. The lowest BCUT2D eigenvalue weighted by Gasteiger charge is -2.33. The molecule has 1 N–H and O–H groups in total. The molecule has 2 aromatic rings. The molecule has 2 amide bonds. The minimum absolute atomic E-state index is 0.0134. The first-order chi connectivity index (χ1) is 17.9. The fraction of sp³-hybridized carbons (Fsp3) is 0.462. The Bertz CT molecular complexity index is 1240. The second-order valence-corrected chi connectivity index (χ2v) is 11.5. The fourth-order valence-electron chi connectivity index (χ4n) is 3.78. The third-order valence-corrected chi connectivity index (χ3v) is 7.92. The van der Waals surface area contributed by atoms with Crippen LogP contribution < -0.4 is 19.1 Å². The Morgan fingerprint density at radius 2 is 1.68 bits per heavy atom. The van der Waals surface area contributed by atoms with Gasteiger partial charge in [0.1, 0.15) is 24.1 Å². The van der Waals surface area contributed by atoms with Crippen LogP contribution in [0, 0.1) is 0 Å². The van der Waals surface area contributed by atoms with E-state index in [0.29, 0.717) is 34.2 Å². The molecule has 0 saturated carbocycles. The number of sulfonamides is 1. The van der Waals surface area contributed by atoms with Crippen LogP contribution in [0.2, 0.25) is 10.0 Å². The van der Waals surface area contributed by atoms with E-state index in [0.717, 1.165) is 10.6 Å². The molecule has 12 heteroatoms. The summed E-state index contributed by atoms with van der Waals surface area (Å²) in [5.41, 5.74) is 0.797. The zero-order valence-corrected chi connectivity index (χ0v) is 24.8. The number of hydrogen-bond acceptors (Lipinski definition) is 6. The van der Waals surface area contributed by atoms with Gasteiger partial charge in [-0.3, -0.25) is 13.9 Å². The van der Waals surface area contributed by atoms with Crippen molar-refractivity contribution in [3.63, 3.8) is 0 Å². The number of anilines is 1. The van der Waals surface area contributed by atoms with E-state index in [2.05, 4.69) is 5.32 Å². The maximum Gasteiger partial charge on any atom is 0.244 e. The van der Waals surface area contributed by atoms with Gasteiger partial charge in [0.2, 0.25) is 21.8 Å². The van der Waals surface area contributed by atoms with Crippen molar-refractivity contribution < 1.29 is 27.5 Å². The maximum absolute atomic E-state index is 13.8. The van der Waals surface area contributed by atoms with Crippen LogP contribution in [0.5, 0.6) is 11.5 Å². The molecular weight excluding hydrogens is 553 g/mol. The van der Waals surface area contributed by atoms with Crippen LogP contribution >= 0.6 is 23.2 Å². The fourth-order valence-corrected chi connectivity index (χ4v) is 4.95. The quantitative estimate of drug-likeness (QED) is 0.370. The molecule has 2 aromatic carbocycles. The van der Waals surface area contributed by atoms with Gasteiger partial charge in [0.15, 0.2) is 0 Å². The van der Waals surface area contributed by atoms with E-state index in [1.165, 1.54) is 31.3 Å². The van der Waals surface area contributed by atoms with Crippen molar-refractivity contribution in [2.75, 3.05) is 31.3 Å². The van der Waals surface area contributed by atoms with Gasteiger partial charge in [-0.25, -0.2) is 8.42 Å². The molecule has 210 valence electrons. The van der Waals surface area contributed by atoms with Crippen LogP contribution in [-0.4, -0.2) is 64.2 Å². The molecule has 0 heterocycles. The monoisotopic (exact) mass is 587 g/mol. The molecule has 0 bridgehead atoms. The Morgan fingerprint density at radius 1 is 1.00 bits per heavy atom. The number of carbonyl (C=O) groups is 2. The molecule has 0 spiro atoms. The second kappa shape index (κ2) is 13.9. The maximum atomic E-state index is 13.8.